The lowest BCUT2D eigenvalue weighted by atomic mass is 10.0. The monoisotopic (exact) mass is 235 g/mol. The summed E-state index contributed by atoms with van der Waals surface area (Å²) in [7, 11) is 2.17. The molecular weight excluding hydrogens is 214 g/mol. The second-order valence-corrected chi connectivity index (χ2v) is 4.63. The summed E-state index contributed by atoms with van der Waals surface area (Å²) in [4.78, 5) is 6.44. The highest BCUT2D eigenvalue weighted by molar-refractivity contribution is 5.29. The van der Waals surface area contributed by atoms with Crippen LogP contribution in [0, 0.1) is 0 Å². The van der Waals surface area contributed by atoms with Gasteiger partial charge >= 0.3 is 0 Å². The molecule has 2 heterocycles. The van der Waals surface area contributed by atoms with E-state index in [9.17, 15) is 0 Å². The first-order valence-corrected chi connectivity index (χ1v) is 6.27. The van der Waals surface area contributed by atoms with Gasteiger partial charge in [-0.15, -0.1) is 0 Å². The average molecular weight is 235 g/mol. The highest BCUT2D eigenvalue weighted by atomic mass is 16.5. The number of pyridine rings is 1. The third-order valence-electron chi connectivity index (χ3n) is 3.43. The summed E-state index contributed by atoms with van der Waals surface area (Å²) >= 11 is 0. The van der Waals surface area contributed by atoms with E-state index >= 15 is 0 Å². The smallest absolute Gasteiger partial charge is 0.126 e. The van der Waals surface area contributed by atoms with Gasteiger partial charge in [-0.2, -0.15) is 0 Å². The topological polar surface area (TPSA) is 51.4 Å². The molecule has 17 heavy (non-hydrogen) atoms. The summed E-state index contributed by atoms with van der Waals surface area (Å²) < 4.78 is 5.88. The molecule has 0 saturated carbocycles. The zero-order valence-corrected chi connectivity index (χ0v) is 10.4. The molecule has 1 unspecified atom stereocenters. The van der Waals surface area contributed by atoms with Crippen LogP contribution >= 0.6 is 0 Å². The van der Waals surface area contributed by atoms with Crippen molar-refractivity contribution in [3.05, 3.63) is 24.0 Å². The van der Waals surface area contributed by atoms with Crippen LogP contribution in [-0.4, -0.2) is 36.1 Å². The fourth-order valence-electron chi connectivity index (χ4n) is 2.25. The second kappa shape index (κ2) is 5.98. The maximum atomic E-state index is 5.88. The second-order valence-electron chi connectivity index (χ2n) is 4.63. The van der Waals surface area contributed by atoms with Crippen molar-refractivity contribution >= 4 is 0 Å². The van der Waals surface area contributed by atoms with Crippen LogP contribution in [0.25, 0.3) is 0 Å². The molecule has 0 radical (unpaired) electrons. The first-order valence-electron chi connectivity index (χ1n) is 6.27. The third-order valence-corrected chi connectivity index (χ3v) is 3.43. The Morgan fingerprint density at radius 2 is 2.41 bits per heavy atom. The van der Waals surface area contributed by atoms with Gasteiger partial charge < -0.3 is 15.4 Å². The summed E-state index contributed by atoms with van der Waals surface area (Å²) in [6.45, 7) is 2.39. The molecule has 1 saturated heterocycles. The number of nitrogens with zero attached hydrogens (tertiary/aromatic N) is 2. The Kier molecular flexibility index (Phi) is 4.34. The van der Waals surface area contributed by atoms with Crippen LogP contribution < -0.4 is 10.5 Å². The fourth-order valence-corrected chi connectivity index (χ4v) is 2.25. The molecule has 1 aromatic heterocycles. The normalized spacial score (nSPS) is 21.4. The summed E-state index contributed by atoms with van der Waals surface area (Å²) in [6.07, 6.45) is 7.35. The minimum Gasteiger partial charge on any atom is -0.492 e. The Labute approximate surface area is 103 Å². The molecule has 4 heteroatoms. The fraction of sp³-hybridized carbons (Fsp3) is 0.615. The summed E-state index contributed by atoms with van der Waals surface area (Å²) in [5.74, 6) is 0.876. The molecule has 1 atom stereocenters. The number of piperidine rings is 1. The predicted molar refractivity (Wildman–Crippen MR) is 67.9 cm³/mol. The van der Waals surface area contributed by atoms with Crippen LogP contribution in [0.1, 0.15) is 24.8 Å². The Morgan fingerprint density at radius 1 is 1.53 bits per heavy atom. The van der Waals surface area contributed by atoms with Crippen LogP contribution in [0.15, 0.2) is 18.5 Å². The molecule has 0 bridgehead atoms. The number of nitrogens with two attached hydrogens (primary N) is 1. The molecule has 0 spiro atoms. The summed E-state index contributed by atoms with van der Waals surface area (Å²) in [5, 5.41) is 0. The molecule has 2 rings (SSSR count). The minimum absolute atomic E-state index is 0.476. The first-order chi connectivity index (χ1) is 8.31. The van der Waals surface area contributed by atoms with Crippen molar-refractivity contribution in [2.75, 3.05) is 20.2 Å². The molecule has 2 N–H and O–H groups in total. The maximum absolute atomic E-state index is 5.88. The van der Waals surface area contributed by atoms with E-state index in [1.54, 1.807) is 12.4 Å². The van der Waals surface area contributed by atoms with Gasteiger partial charge in [-0.1, -0.05) is 6.42 Å². The molecule has 0 aliphatic carbocycles. The van der Waals surface area contributed by atoms with E-state index in [2.05, 4.69) is 16.9 Å². The standard InChI is InChI=1S/C13H21N3O/c1-16-7-3-2-4-12(16)10-17-13-5-6-15-9-11(13)8-14/h5-6,9,12H,2-4,7-8,10,14H2,1H3. The number of likely N-dealkylation sites (N-methyl/N-ethyl adjacent to an activating group) is 1. The zero-order valence-electron chi connectivity index (χ0n) is 10.4. The molecule has 0 amide bonds. The van der Waals surface area contributed by atoms with Crippen LogP contribution in [0.3, 0.4) is 0 Å². The maximum Gasteiger partial charge on any atom is 0.126 e. The van der Waals surface area contributed by atoms with Gasteiger partial charge in [-0.25, -0.2) is 0 Å². The van der Waals surface area contributed by atoms with Gasteiger partial charge in [0.15, 0.2) is 0 Å². The Balaban J connectivity index is 1.92. The summed E-state index contributed by atoms with van der Waals surface area (Å²) in [5.41, 5.74) is 6.63. The SMILES string of the molecule is CN1CCCCC1COc1ccncc1CN. The van der Waals surface area contributed by atoms with Crippen LogP contribution in [0.2, 0.25) is 0 Å². The van der Waals surface area contributed by atoms with E-state index in [1.165, 1.54) is 25.8 Å². The van der Waals surface area contributed by atoms with Crippen LogP contribution in [0.4, 0.5) is 0 Å². The third kappa shape index (κ3) is 3.17. The van der Waals surface area contributed by atoms with Gasteiger partial charge in [0.2, 0.25) is 0 Å². The number of ether oxygens (including phenoxy) is 1. The zero-order chi connectivity index (χ0) is 12.1. The lowest BCUT2D eigenvalue weighted by Gasteiger charge is -2.32. The van der Waals surface area contributed by atoms with Gasteiger partial charge in [0.1, 0.15) is 12.4 Å². The van der Waals surface area contributed by atoms with Gasteiger partial charge in [0, 0.05) is 30.5 Å². The average Bonchev–Trinajstić information content (AvgIpc) is 2.38. The molecule has 1 aromatic rings. The van der Waals surface area contributed by atoms with Crippen molar-refractivity contribution in [2.45, 2.75) is 31.8 Å². The Morgan fingerprint density at radius 3 is 3.18 bits per heavy atom. The van der Waals surface area contributed by atoms with Gasteiger partial charge in [-0.05, 0) is 32.5 Å². The lowest BCUT2D eigenvalue weighted by molar-refractivity contribution is 0.124. The van der Waals surface area contributed by atoms with E-state index in [0.717, 1.165) is 17.9 Å². The van der Waals surface area contributed by atoms with E-state index in [0.29, 0.717) is 12.6 Å². The number of likely N-dealkylation sites (tertiary alicyclic amines) is 1. The van der Waals surface area contributed by atoms with Gasteiger partial charge in [0.05, 0.1) is 0 Å². The van der Waals surface area contributed by atoms with E-state index in [4.69, 9.17) is 10.5 Å². The molecular formula is C13H21N3O. The molecule has 1 aliphatic heterocycles. The van der Waals surface area contributed by atoms with Crippen molar-refractivity contribution < 1.29 is 4.74 Å². The van der Waals surface area contributed by atoms with Crippen LogP contribution in [0.5, 0.6) is 5.75 Å². The number of hydrogen-bond acceptors (Lipinski definition) is 4. The predicted octanol–water partition coefficient (Wildman–Crippen LogP) is 1.40. The first kappa shape index (κ1) is 12.3. The lowest BCUT2D eigenvalue weighted by Crippen LogP contribution is -2.40. The van der Waals surface area contributed by atoms with Crippen molar-refractivity contribution in [3.63, 3.8) is 0 Å². The molecule has 94 valence electrons. The molecule has 0 aromatic carbocycles. The highest BCUT2D eigenvalue weighted by Crippen LogP contribution is 2.19. The summed E-state index contributed by atoms with van der Waals surface area (Å²) in [6, 6.07) is 2.42. The van der Waals surface area contributed by atoms with Gasteiger partial charge in [0.25, 0.3) is 0 Å². The van der Waals surface area contributed by atoms with E-state index in [1.807, 2.05) is 6.07 Å². The van der Waals surface area contributed by atoms with E-state index in [-0.39, 0.29) is 0 Å². The minimum atomic E-state index is 0.476. The molecule has 1 fully saturated rings. The Bertz CT molecular complexity index is 356. The van der Waals surface area contributed by atoms with Crippen molar-refractivity contribution in [2.24, 2.45) is 5.73 Å². The quantitative estimate of drug-likeness (QED) is 0.857. The largest absolute Gasteiger partial charge is 0.492 e. The molecule has 1 aliphatic rings. The highest BCUT2D eigenvalue weighted by Gasteiger charge is 2.19. The Hall–Kier alpha value is -1.13. The van der Waals surface area contributed by atoms with Crippen molar-refractivity contribution in [1.29, 1.82) is 0 Å². The van der Waals surface area contributed by atoms with Crippen molar-refractivity contribution in [1.82, 2.24) is 9.88 Å². The number of hydrogen-bond donors (Lipinski definition) is 1. The van der Waals surface area contributed by atoms with Gasteiger partial charge in [-0.3, -0.25) is 4.98 Å². The van der Waals surface area contributed by atoms with Crippen LogP contribution in [-0.2, 0) is 6.54 Å². The van der Waals surface area contributed by atoms with Crippen molar-refractivity contribution in [3.8, 4) is 5.75 Å². The number of aromatic nitrogens is 1. The molecule has 4 nitrogen and oxygen atoms in total. The van der Waals surface area contributed by atoms with E-state index < -0.39 is 0 Å². The number of rotatable bonds is 4.